The van der Waals surface area contributed by atoms with Gasteiger partial charge in [0.15, 0.2) is 0 Å². The van der Waals surface area contributed by atoms with Gasteiger partial charge in [0.1, 0.15) is 17.2 Å². The third-order valence-electron chi connectivity index (χ3n) is 5.17. The number of carbonyl (C=O) groups excluding carboxylic acids is 1. The first kappa shape index (κ1) is 18.6. The Morgan fingerprint density at radius 1 is 1.23 bits per heavy atom. The van der Waals surface area contributed by atoms with Crippen molar-refractivity contribution in [1.29, 1.82) is 0 Å². The lowest BCUT2D eigenvalue weighted by atomic mass is 9.72. The molecule has 0 saturated carbocycles. The summed E-state index contributed by atoms with van der Waals surface area (Å²) >= 11 is 0. The van der Waals surface area contributed by atoms with Crippen molar-refractivity contribution in [2.75, 3.05) is 43.9 Å². The second-order valence-electron chi connectivity index (χ2n) is 8.37. The van der Waals surface area contributed by atoms with Gasteiger partial charge in [-0.15, -0.1) is 0 Å². The largest absolute Gasteiger partial charge is 0.495 e. The van der Waals surface area contributed by atoms with E-state index in [4.69, 9.17) is 15.2 Å². The molecule has 1 spiro atoms. The van der Waals surface area contributed by atoms with Crippen molar-refractivity contribution in [2.45, 2.75) is 39.2 Å². The van der Waals surface area contributed by atoms with E-state index < -0.39 is 5.60 Å². The second-order valence-corrected chi connectivity index (χ2v) is 8.37. The van der Waals surface area contributed by atoms with Gasteiger partial charge in [0.05, 0.1) is 18.5 Å². The maximum atomic E-state index is 14.3. The first-order chi connectivity index (χ1) is 12.1. The smallest absolute Gasteiger partial charge is 0.410 e. The van der Waals surface area contributed by atoms with Crippen LogP contribution in [-0.4, -0.2) is 49.9 Å². The summed E-state index contributed by atoms with van der Waals surface area (Å²) in [7, 11) is 1.53. The normalized spacial score (nSPS) is 19.3. The van der Waals surface area contributed by atoms with E-state index in [1.165, 1.54) is 13.2 Å². The number of nitrogens with zero attached hydrogens (tertiary/aromatic N) is 2. The average Bonchev–Trinajstić information content (AvgIpc) is 2.51. The van der Waals surface area contributed by atoms with E-state index >= 15 is 0 Å². The molecule has 144 valence electrons. The molecule has 0 aliphatic carbocycles. The number of nitrogens with two attached hydrogens (primary N) is 1. The minimum absolute atomic E-state index is 0.138. The Hall–Kier alpha value is -2.18. The standard InChI is InChI=1S/C19H28FN3O3/c1-18(2,3)26-17(24)22-7-5-19(6-8-22)11-23(12-19)15-10-16(25-4)14(21)9-13(15)20/h9-10H,5-8,11-12,21H2,1-4H3. The summed E-state index contributed by atoms with van der Waals surface area (Å²) in [5.74, 6) is 0.159. The number of hydrogen-bond acceptors (Lipinski definition) is 5. The van der Waals surface area contributed by atoms with Crippen LogP contribution in [0, 0.1) is 11.2 Å². The number of hydrogen-bond donors (Lipinski definition) is 1. The molecule has 1 aromatic carbocycles. The number of likely N-dealkylation sites (tertiary alicyclic amines) is 1. The van der Waals surface area contributed by atoms with Crippen LogP contribution in [-0.2, 0) is 4.74 Å². The summed E-state index contributed by atoms with van der Waals surface area (Å²) in [6, 6.07) is 2.97. The lowest BCUT2D eigenvalue weighted by Gasteiger charge is -2.55. The molecule has 0 aromatic heterocycles. The SMILES string of the molecule is COc1cc(N2CC3(CCN(C(=O)OC(C)(C)C)CC3)C2)c(F)cc1N. The highest BCUT2D eigenvalue weighted by Gasteiger charge is 2.46. The number of carbonyl (C=O) groups is 1. The van der Waals surface area contributed by atoms with E-state index in [0.717, 1.165) is 25.9 Å². The maximum absolute atomic E-state index is 14.3. The molecule has 2 aliphatic heterocycles. The molecule has 1 amide bonds. The van der Waals surface area contributed by atoms with E-state index in [0.29, 0.717) is 30.2 Å². The van der Waals surface area contributed by atoms with Crippen molar-refractivity contribution >= 4 is 17.5 Å². The van der Waals surface area contributed by atoms with Crippen LogP contribution in [0.5, 0.6) is 5.75 Å². The number of ether oxygens (including phenoxy) is 2. The monoisotopic (exact) mass is 365 g/mol. The summed E-state index contributed by atoms with van der Waals surface area (Å²) < 4.78 is 24.9. The lowest BCUT2D eigenvalue weighted by Crippen LogP contribution is -2.61. The fourth-order valence-corrected chi connectivity index (χ4v) is 3.72. The molecule has 2 heterocycles. The first-order valence-electron chi connectivity index (χ1n) is 8.98. The molecule has 0 radical (unpaired) electrons. The molecule has 0 bridgehead atoms. The third-order valence-corrected chi connectivity index (χ3v) is 5.17. The number of benzene rings is 1. The minimum atomic E-state index is -0.481. The van der Waals surface area contributed by atoms with Crippen LogP contribution in [0.15, 0.2) is 12.1 Å². The van der Waals surface area contributed by atoms with Gasteiger partial charge in [0.25, 0.3) is 0 Å². The van der Waals surface area contributed by atoms with Crippen molar-refractivity contribution in [2.24, 2.45) is 5.41 Å². The quantitative estimate of drug-likeness (QED) is 0.815. The number of methoxy groups -OCH3 is 1. The molecule has 3 rings (SSSR count). The number of piperidine rings is 1. The Morgan fingerprint density at radius 2 is 1.85 bits per heavy atom. The molecule has 2 saturated heterocycles. The van der Waals surface area contributed by atoms with Gasteiger partial charge in [-0.05, 0) is 33.6 Å². The van der Waals surface area contributed by atoms with E-state index in [1.807, 2.05) is 25.7 Å². The van der Waals surface area contributed by atoms with Crippen LogP contribution in [0.25, 0.3) is 0 Å². The Bertz CT molecular complexity index is 686. The maximum Gasteiger partial charge on any atom is 0.410 e. The highest BCUT2D eigenvalue weighted by atomic mass is 19.1. The van der Waals surface area contributed by atoms with Gasteiger partial charge in [0, 0.05) is 43.7 Å². The summed E-state index contributed by atoms with van der Waals surface area (Å²) in [5.41, 5.74) is 6.23. The van der Waals surface area contributed by atoms with Crippen LogP contribution in [0.2, 0.25) is 0 Å². The Labute approximate surface area is 154 Å². The number of anilines is 2. The highest BCUT2D eigenvalue weighted by molar-refractivity contribution is 5.68. The topological polar surface area (TPSA) is 68.0 Å². The summed E-state index contributed by atoms with van der Waals surface area (Å²) in [4.78, 5) is 16.0. The number of rotatable bonds is 2. The summed E-state index contributed by atoms with van der Waals surface area (Å²) in [6.07, 6.45) is 1.55. The Morgan fingerprint density at radius 3 is 2.38 bits per heavy atom. The average molecular weight is 365 g/mol. The summed E-state index contributed by atoms with van der Waals surface area (Å²) in [5, 5.41) is 0. The van der Waals surface area contributed by atoms with Crippen molar-refractivity contribution in [3.63, 3.8) is 0 Å². The predicted octanol–water partition coefficient (Wildman–Crippen LogP) is 3.25. The minimum Gasteiger partial charge on any atom is -0.495 e. The lowest BCUT2D eigenvalue weighted by molar-refractivity contribution is 0.00593. The summed E-state index contributed by atoms with van der Waals surface area (Å²) in [6.45, 7) is 8.52. The molecule has 26 heavy (non-hydrogen) atoms. The van der Waals surface area contributed by atoms with Crippen LogP contribution in [0.3, 0.4) is 0 Å². The van der Waals surface area contributed by atoms with Crippen molar-refractivity contribution in [3.05, 3.63) is 17.9 Å². The van der Waals surface area contributed by atoms with E-state index in [2.05, 4.69) is 0 Å². The van der Waals surface area contributed by atoms with Crippen LogP contribution >= 0.6 is 0 Å². The van der Waals surface area contributed by atoms with Gasteiger partial charge >= 0.3 is 6.09 Å². The Kier molecular flexibility index (Phi) is 4.67. The van der Waals surface area contributed by atoms with E-state index in [-0.39, 0.29) is 17.3 Å². The molecular weight excluding hydrogens is 337 g/mol. The molecule has 2 N–H and O–H groups in total. The predicted molar refractivity (Wildman–Crippen MR) is 99.1 cm³/mol. The van der Waals surface area contributed by atoms with E-state index in [1.54, 1.807) is 11.0 Å². The third kappa shape index (κ3) is 3.66. The van der Waals surface area contributed by atoms with Crippen molar-refractivity contribution < 1.29 is 18.7 Å². The number of halogens is 1. The first-order valence-corrected chi connectivity index (χ1v) is 8.98. The number of amides is 1. The fourth-order valence-electron chi connectivity index (χ4n) is 3.72. The fraction of sp³-hybridized carbons (Fsp3) is 0.632. The highest BCUT2D eigenvalue weighted by Crippen LogP contribution is 2.44. The molecular formula is C19H28FN3O3. The van der Waals surface area contributed by atoms with Gasteiger partial charge in [0.2, 0.25) is 0 Å². The second kappa shape index (κ2) is 6.52. The molecule has 6 nitrogen and oxygen atoms in total. The van der Waals surface area contributed by atoms with Crippen LogP contribution < -0.4 is 15.4 Å². The van der Waals surface area contributed by atoms with Gasteiger partial charge in [-0.3, -0.25) is 0 Å². The molecule has 1 aromatic rings. The van der Waals surface area contributed by atoms with Crippen molar-refractivity contribution in [1.82, 2.24) is 4.90 Å². The van der Waals surface area contributed by atoms with Gasteiger partial charge < -0.3 is 25.0 Å². The molecule has 2 fully saturated rings. The van der Waals surface area contributed by atoms with Gasteiger partial charge in [-0.25, -0.2) is 9.18 Å². The van der Waals surface area contributed by atoms with Crippen molar-refractivity contribution in [3.8, 4) is 5.75 Å². The Balaban J connectivity index is 1.58. The van der Waals surface area contributed by atoms with Crippen LogP contribution in [0.4, 0.5) is 20.6 Å². The zero-order chi connectivity index (χ0) is 19.1. The zero-order valence-corrected chi connectivity index (χ0v) is 16.0. The van der Waals surface area contributed by atoms with E-state index in [9.17, 15) is 9.18 Å². The van der Waals surface area contributed by atoms with Gasteiger partial charge in [-0.1, -0.05) is 0 Å². The number of nitrogen functional groups attached to an aromatic ring is 1. The molecule has 0 unspecified atom stereocenters. The molecule has 0 atom stereocenters. The molecule has 7 heteroatoms. The van der Waals surface area contributed by atoms with Crippen LogP contribution in [0.1, 0.15) is 33.6 Å². The zero-order valence-electron chi connectivity index (χ0n) is 16.0. The van der Waals surface area contributed by atoms with Gasteiger partial charge in [-0.2, -0.15) is 0 Å². The molecule has 2 aliphatic rings.